The van der Waals surface area contributed by atoms with Crippen LogP contribution in [0.2, 0.25) is 0 Å². The van der Waals surface area contributed by atoms with Crippen molar-refractivity contribution in [3.05, 3.63) is 35.5 Å². The van der Waals surface area contributed by atoms with Crippen molar-refractivity contribution in [3.8, 4) is 0 Å². The number of aryl methyl sites for hydroxylation is 1. The van der Waals surface area contributed by atoms with Gasteiger partial charge < -0.3 is 24.7 Å². The molecule has 2 fully saturated rings. The van der Waals surface area contributed by atoms with Gasteiger partial charge in [0.2, 0.25) is 0 Å². The molecular weight excluding hydrogens is 388 g/mol. The number of hydrogen-bond donors (Lipinski definition) is 2. The van der Waals surface area contributed by atoms with Crippen LogP contribution in [0, 0.1) is 6.92 Å². The monoisotopic (exact) mass is 426 g/mol. The zero-order valence-corrected chi connectivity index (χ0v) is 19.2. The van der Waals surface area contributed by atoms with Crippen LogP contribution in [0.3, 0.4) is 0 Å². The zero-order valence-electron chi connectivity index (χ0n) is 19.2. The molecule has 0 saturated carbocycles. The molecule has 3 heterocycles. The second kappa shape index (κ2) is 11.0. The van der Waals surface area contributed by atoms with E-state index in [1.807, 2.05) is 0 Å². The molecule has 2 aliphatic rings. The second-order valence-corrected chi connectivity index (χ2v) is 8.86. The van der Waals surface area contributed by atoms with E-state index in [9.17, 15) is 0 Å². The molecular formula is C25H38N4O2. The topological polar surface area (TPSA) is 61.9 Å². The number of aliphatic imine (C=N–C) groups is 1. The molecule has 31 heavy (non-hydrogen) atoms. The van der Waals surface area contributed by atoms with E-state index in [0.29, 0.717) is 12.2 Å². The Kier molecular flexibility index (Phi) is 7.86. The largest absolute Gasteiger partial charge is 0.376 e. The molecule has 0 aliphatic carbocycles. The van der Waals surface area contributed by atoms with Gasteiger partial charge in [-0.3, -0.25) is 4.99 Å². The lowest BCUT2D eigenvalue weighted by Gasteiger charge is -2.35. The van der Waals surface area contributed by atoms with E-state index in [2.05, 4.69) is 53.4 Å². The number of guanidine groups is 1. The van der Waals surface area contributed by atoms with Crippen molar-refractivity contribution in [3.63, 3.8) is 0 Å². The van der Waals surface area contributed by atoms with Gasteiger partial charge in [0.25, 0.3) is 0 Å². The number of ether oxygens (including phenoxy) is 2. The molecule has 0 bridgehead atoms. The van der Waals surface area contributed by atoms with Gasteiger partial charge in [0.05, 0.1) is 18.8 Å². The summed E-state index contributed by atoms with van der Waals surface area (Å²) in [5.74, 6) is 1.03. The fourth-order valence-corrected chi connectivity index (χ4v) is 4.63. The van der Waals surface area contributed by atoms with Crippen molar-refractivity contribution in [1.29, 1.82) is 0 Å². The number of aromatic amines is 1. The molecule has 1 aromatic heterocycles. The predicted octanol–water partition coefficient (Wildman–Crippen LogP) is 4.03. The van der Waals surface area contributed by atoms with Crippen LogP contribution in [0.15, 0.2) is 29.4 Å². The van der Waals surface area contributed by atoms with E-state index < -0.39 is 0 Å². The number of fused-ring (bicyclic) bond motifs is 1. The zero-order chi connectivity index (χ0) is 21.5. The number of piperidine rings is 1. The van der Waals surface area contributed by atoms with Gasteiger partial charge in [-0.05, 0) is 69.6 Å². The Balaban J connectivity index is 1.26. The van der Waals surface area contributed by atoms with Gasteiger partial charge in [-0.1, -0.05) is 12.1 Å². The van der Waals surface area contributed by atoms with E-state index in [1.54, 1.807) is 0 Å². The fraction of sp³-hybridized carbons (Fsp3) is 0.640. The Hall–Kier alpha value is -2.05. The average Bonchev–Trinajstić information content (AvgIpc) is 3.20. The van der Waals surface area contributed by atoms with Crippen LogP contribution in [-0.2, 0) is 15.9 Å². The molecule has 2 aliphatic heterocycles. The third kappa shape index (κ3) is 6.01. The van der Waals surface area contributed by atoms with Crippen molar-refractivity contribution in [2.75, 3.05) is 39.4 Å². The molecule has 0 spiro atoms. The standard InChI is InChI=1S/C25H38N4O2/c1-3-26-25(27-12-9-20-17-28-24-16-19(2)7-8-23(20)24)29-13-10-21(11-14-29)31-18-22-6-4-5-15-30-22/h7-8,16-17,21-22,28H,3-6,9-15,18H2,1-2H3,(H,26,27). The van der Waals surface area contributed by atoms with E-state index in [1.165, 1.54) is 34.9 Å². The Morgan fingerprint density at radius 1 is 1.26 bits per heavy atom. The van der Waals surface area contributed by atoms with Crippen molar-refractivity contribution in [2.45, 2.75) is 64.6 Å². The minimum atomic E-state index is 0.305. The molecule has 6 heteroatoms. The lowest BCUT2D eigenvalue weighted by Crippen LogP contribution is -2.47. The smallest absolute Gasteiger partial charge is 0.193 e. The Bertz CT molecular complexity index is 848. The van der Waals surface area contributed by atoms with Crippen LogP contribution >= 0.6 is 0 Å². The summed E-state index contributed by atoms with van der Waals surface area (Å²) in [6.07, 6.45) is 9.45. The first-order valence-corrected chi connectivity index (χ1v) is 12.1. The van der Waals surface area contributed by atoms with Crippen LogP contribution < -0.4 is 5.32 Å². The summed E-state index contributed by atoms with van der Waals surface area (Å²) < 4.78 is 12.0. The van der Waals surface area contributed by atoms with Crippen LogP contribution in [0.25, 0.3) is 10.9 Å². The second-order valence-electron chi connectivity index (χ2n) is 8.86. The quantitative estimate of drug-likeness (QED) is 0.518. The molecule has 170 valence electrons. The van der Waals surface area contributed by atoms with Crippen molar-refractivity contribution in [2.24, 2.45) is 4.99 Å². The summed E-state index contributed by atoms with van der Waals surface area (Å²) >= 11 is 0. The van der Waals surface area contributed by atoms with Crippen molar-refractivity contribution in [1.82, 2.24) is 15.2 Å². The highest BCUT2D eigenvalue weighted by molar-refractivity contribution is 5.84. The normalized spacial score (nSPS) is 21.0. The predicted molar refractivity (Wildman–Crippen MR) is 127 cm³/mol. The molecule has 1 atom stereocenters. The number of benzene rings is 1. The summed E-state index contributed by atoms with van der Waals surface area (Å²) in [6.45, 7) is 9.58. The Morgan fingerprint density at radius 3 is 2.90 bits per heavy atom. The van der Waals surface area contributed by atoms with Gasteiger partial charge in [0.15, 0.2) is 5.96 Å². The van der Waals surface area contributed by atoms with E-state index >= 15 is 0 Å². The number of likely N-dealkylation sites (tertiary alicyclic amines) is 1. The minimum absolute atomic E-state index is 0.305. The van der Waals surface area contributed by atoms with Gasteiger partial charge in [-0.15, -0.1) is 0 Å². The van der Waals surface area contributed by atoms with E-state index in [0.717, 1.165) is 71.0 Å². The third-order valence-corrected chi connectivity index (χ3v) is 6.43. The first-order chi connectivity index (χ1) is 15.2. The molecule has 0 radical (unpaired) electrons. The first kappa shape index (κ1) is 22.2. The minimum Gasteiger partial charge on any atom is -0.376 e. The lowest BCUT2D eigenvalue weighted by atomic mass is 10.1. The first-order valence-electron chi connectivity index (χ1n) is 12.1. The summed E-state index contributed by atoms with van der Waals surface area (Å²) in [4.78, 5) is 10.7. The highest BCUT2D eigenvalue weighted by Gasteiger charge is 2.23. The highest BCUT2D eigenvalue weighted by Crippen LogP contribution is 2.21. The maximum absolute atomic E-state index is 6.17. The van der Waals surface area contributed by atoms with Gasteiger partial charge in [-0.2, -0.15) is 0 Å². The van der Waals surface area contributed by atoms with Gasteiger partial charge in [0.1, 0.15) is 0 Å². The molecule has 1 unspecified atom stereocenters. The highest BCUT2D eigenvalue weighted by atomic mass is 16.5. The molecule has 6 nitrogen and oxygen atoms in total. The summed E-state index contributed by atoms with van der Waals surface area (Å²) in [5.41, 5.74) is 3.84. The van der Waals surface area contributed by atoms with Crippen molar-refractivity contribution >= 4 is 16.9 Å². The van der Waals surface area contributed by atoms with Crippen LogP contribution in [0.5, 0.6) is 0 Å². The van der Waals surface area contributed by atoms with Crippen LogP contribution in [0.4, 0.5) is 0 Å². The molecule has 4 rings (SSSR count). The lowest BCUT2D eigenvalue weighted by molar-refractivity contribution is -0.0721. The molecule has 2 saturated heterocycles. The number of aromatic nitrogens is 1. The maximum Gasteiger partial charge on any atom is 0.193 e. The Morgan fingerprint density at radius 2 is 2.13 bits per heavy atom. The van der Waals surface area contributed by atoms with Gasteiger partial charge >= 0.3 is 0 Å². The molecule has 0 amide bonds. The fourth-order valence-electron chi connectivity index (χ4n) is 4.63. The third-order valence-electron chi connectivity index (χ3n) is 6.43. The average molecular weight is 427 g/mol. The van der Waals surface area contributed by atoms with Crippen LogP contribution in [-0.4, -0.2) is 67.4 Å². The molecule has 1 aromatic carbocycles. The SMILES string of the molecule is CCNC(=NCCc1c[nH]c2cc(C)ccc12)N1CCC(OCC2CCCCO2)CC1. The van der Waals surface area contributed by atoms with Crippen molar-refractivity contribution < 1.29 is 9.47 Å². The number of hydrogen-bond acceptors (Lipinski definition) is 3. The number of H-pyrrole nitrogens is 1. The number of nitrogens with zero attached hydrogens (tertiary/aromatic N) is 2. The van der Waals surface area contributed by atoms with E-state index in [4.69, 9.17) is 14.5 Å². The molecule has 2 aromatic rings. The molecule has 2 N–H and O–H groups in total. The number of nitrogens with one attached hydrogen (secondary N) is 2. The van der Waals surface area contributed by atoms with Gasteiger partial charge in [-0.25, -0.2) is 0 Å². The number of rotatable bonds is 7. The van der Waals surface area contributed by atoms with Crippen LogP contribution in [0.1, 0.15) is 50.2 Å². The van der Waals surface area contributed by atoms with Gasteiger partial charge in [0, 0.05) is 49.9 Å². The summed E-state index contributed by atoms with van der Waals surface area (Å²) in [7, 11) is 0. The Labute approximate surface area is 186 Å². The van der Waals surface area contributed by atoms with E-state index in [-0.39, 0.29) is 0 Å². The maximum atomic E-state index is 6.17. The summed E-state index contributed by atoms with van der Waals surface area (Å²) in [6, 6.07) is 6.60. The summed E-state index contributed by atoms with van der Waals surface area (Å²) in [5, 5.41) is 4.79.